The van der Waals surface area contributed by atoms with Crippen molar-refractivity contribution < 1.29 is 23.4 Å². The number of likely N-dealkylation sites (tertiary alicyclic amines) is 1. The number of alkyl halides is 1. The van der Waals surface area contributed by atoms with Gasteiger partial charge in [0.2, 0.25) is 0 Å². The van der Waals surface area contributed by atoms with Gasteiger partial charge in [0, 0.05) is 36.3 Å². The summed E-state index contributed by atoms with van der Waals surface area (Å²) in [4.78, 5) is 28.6. The molecule has 1 atom stereocenters. The molecule has 2 aromatic carbocycles. The van der Waals surface area contributed by atoms with Gasteiger partial charge in [-0.05, 0) is 94.5 Å². The van der Waals surface area contributed by atoms with E-state index in [1.165, 1.54) is 28.5 Å². The summed E-state index contributed by atoms with van der Waals surface area (Å²) in [5, 5.41) is 11.4. The van der Waals surface area contributed by atoms with Gasteiger partial charge in [0.1, 0.15) is 27.7 Å². The fraction of sp³-hybridized carbons (Fsp3) is 0.375. The zero-order valence-corrected chi connectivity index (χ0v) is 24.9. The lowest BCUT2D eigenvalue weighted by Gasteiger charge is -2.34. The van der Waals surface area contributed by atoms with Crippen LogP contribution in [0.2, 0.25) is 0 Å². The van der Waals surface area contributed by atoms with Crippen molar-refractivity contribution in [3.8, 4) is 22.6 Å². The average Bonchev–Trinajstić information content (AvgIpc) is 3.32. The number of benzene rings is 2. The monoisotopic (exact) mass is 580 g/mol. The molecule has 0 spiro atoms. The van der Waals surface area contributed by atoms with Crippen LogP contribution in [0, 0.1) is 19.7 Å². The predicted octanol–water partition coefficient (Wildman–Crippen LogP) is 7.01. The van der Waals surface area contributed by atoms with E-state index in [0.29, 0.717) is 73.7 Å². The number of rotatable bonds is 5. The van der Waals surface area contributed by atoms with Crippen molar-refractivity contribution in [1.82, 2.24) is 9.47 Å². The summed E-state index contributed by atoms with van der Waals surface area (Å²) in [5.74, 6) is 0.286. The maximum absolute atomic E-state index is 14.7. The Morgan fingerprint density at radius 1 is 1.12 bits per heavy atom. The molecule has 0 saturated carbocycles. The molecule has 216 valence electrons. The van der Waals surface area contributed by atoms with Crippen LogP contribution in [0.25, 0.3) is 21.2 Å². The van der Waals surface area contributed by atoms with Crippen molar-refractivity contribution in [2.45, 2.75) is 58.7 Å². The first kappa shape index (κ1) is 29.0. The highest BCUT2D eigenvalue weighted by Crippen LogP contribution is 2.42. The van der Waals surface area contributed by atoms with Crippen molar-refractivity contribution >= 4 is 27.3 Å². The number of ether oxygens (including phenoxy) is 1. The molecule has 1 saturated heterocycles. The maximum Gasteiger partial charge on any atom is 0.268 e. The normalized spacial score (nSPS) is 17.7. The zero-order valence-electron chi connectivity index (χ0n) is 24.1. The molecule has 1 N–H and O–H groups in total. The third-order valence-electron chi connectivity index (χ3n) is 7.62. The number of aryl methyl sites for hydroxylation is 3. The molecule has 1 aliphatic rings. The van der Waals surface area contributed by atoms with Crippen LogP contribution in [-0.2, 0) is 12.6 Å². The summed E-state index contributed by atoms with van der Waals surface area (Å²) >= 11 is 1.10. The molecule has 41 heavy (non-hydrogen) atoms. The van der Waals surface area contributed by atoms with Crippen molar-refractivity contribution in [1.29, 1.82) is 0 Å². The summed E-state index contributed by atoms with van der Waals surface area (Å²) in [6.45, 7) is 8.85. The number of carbonyl (C=O) groups is 1. The fourth-order valence-corrected chi connectivity index (χ4v) is 6.58. The van der Waals surface area contributed by atoms with Gasteiger partial charge in [-0.15, -0.1) is 11.3 Å². The lowest BCUT2D eigenvalue weighted by Crippen LogP contribution is -2.46. The standard InChI is InChI=1S/C32H34F2N2O4S/c1-18-12-21(33)13-19(2)27(18)40-25-9-8-20(31(3,4)39)14-22(25)24-16-35(6)30(38)28-23(24)15-26(41-28)29(37)36-11-7-10-32(5,34)17-36/h8-9,12-16,39H,7,10-11,17H2,1-6H3. The Morgan fingerprint density at radius 2 is 1.80 bits per heavy atom. The van der Waals surface area contributed by atoms with Crippen molar-refractivity contribution in [3.63, 3.8) is 0 Å². The average molecular weight is 581 g/mol. The van der Waals surface area contributed by atoms with Crippen LogP contribution in [0.15, 0.2) is 47.4 Å². The van der Waals surface area contributed by atoms with Gasteiger partial charge in [0.25, 0.3) is 11.5 Å². The second-order valence-electron chi connectivity index (χ2n) is 11.8. The predicted molar refractivity (Wildman–Crippen MR) is 158 cm³/mol. The third-order valence-corrected chi connectivity index (χ3v) is 8.73. The van der Waals surface area contributed by atoms with E-state index in [1.54, 1.807) is 65.2 Å². The van der Waals surface area contributed by atoms with Gasteiger partial charge in [-0.1, -0.05) is 6.07 Å². The minimum Gasteiger partial charge on any atom is -0.456 e. The molecule has 9 heteroatoms. The van der Waals surface area contributed by atoms with Gasteiger partial charge in [-0.3, -0.25) is 9.59 Å². The van der Waals surface area contributed by atoms with E-state index in [-0.39, 0.29) is 23.8 Å². The molecule has 5 rings (SSSR count). The topological polar surface area (TPSA) is 71.8 Å². The molecular weight excluding hydrogens is 546 g/mol. The van der Waals surface area contributed by atoms with Gasteiger partial charge in [0.15, 0.2) is 0 Å². The van der Waals surface area contributed by atoms with Crippen molar-refractivity contribution in [2.75, 3.05) is 13.1 Å². The van der Waals surface area contributed by atoms with Crippen molar-refractivity contribution in [2.24, 2.45) is 7.05 Å². The summed E-state index contributed by atoms with van der Waals surface area (Å²) in [7, 11) is 1.64. The summed E-state index contributed by atoms with van der Waals surface area (Å²) in [5.41, 5.74) is 0.212. The quantitative estimate of drug-likeness (QED) is 0.276. The van der Waals surface area contributed by atoms with E-state index < -0.39 is 11.3 Å². The Labute approximate surface area is 241 Å². The molecule has 1 aliphatic heterocycles. The van der Waals surface area contributed by atoms with Crippen molar-refractivity contribution in [3.05, 3.63) is 80.3 Å². The molecule has 6 nitrogen and oxygen atoms in total. The Kier molecular flexibility index (Phi) is 7.32. The molecule has 1 fully saturated rings. The second-order valence-corrected chi connectivity index (χ2v) is 12.8. The highest BCUT2D eigenvalue weighted by molar-refractivity contribution is 7.20. The molecule has 1 unspecified atom stereocenters. The number of fused-ring (bicyclic) bond motifs is 1. The Bertz CT molecular complexity index is 1710. The first-order valence-corrected chi connectivity index (χ1v) is 14.4. The van der Waals surface area contributed by atoms with Crippen LogP contribution < -0.4 is 10.3 Å². The van der Waals surface area contributed by atoms with E-state index in [9.17, 15) is 23.5 Å². The van der Waals surface area contributed by atoms with E-state index >= 15 is 0 Å². The van der Waals surface area contributed by atoms with Crippen LogP contribution in [0.1, 0.15) is 60.0 Å². The van der Waals surface area contributed by atoms with Gasteiger partial charge in [-0.25, -0.2) is 8.78 Å². The molecule has 0 bridgehead atoms. The number of aromatic nitrogens is 1. The summed E-state index contributed by atoms with van der Waals surface area (Å²) < 4.78 is 37.0. The first-order valence-electron chi connectivity index (χ1n) is 13.6. The second kappa shape index (κ2) is 10.4. The number of aliphatic hydroxyl groups is 1. The molecule has 0 radical (unpaired) electrons. The van der Waals surface area contributed by atoms with E-state index in [0.717, 1.165) is 11.3 Å². The molecule has 3 heterocycles. The number of nitrogens with zero attached hydrogens (tertiary/aromatic N) is 2. The minimum absolute atomic E-state index is 0.00688. The van der Waals surface area contributed by atoms with Crippen LogP contribution >= 0.6 is 11.3 Å². The van der Waals surface area contributed by atoms with E-state index in [1.807, 2.05) is 0 Å². The Hall–Kier alpha value is -3.56. The molecule has 0 aliphatic carbocycles. The minimum atomic E-state index is -1.45. The highest BCUT2D eigenvalue weighted by atomic mass is 32.1. The van der Waals surface area contributed by atoms with Crippen LogP contribution in [0.4, 0.5) is 8.78 Å². The lowest BCUT2D eigenvalue weighted by molar-refractivity contribution is 0.0421. The van der Waals surface area contributed by atoms with E-state index in [4.69, 9.17) is 4.74 Å². The summed E-state index contributed by atoms with van der Waals surface area (Å²) in [6.07, 6.45) is 2.66. The number of amides is 1. The number of pyridine rings is 1. The van der Waals surface area contributed by atoms with Gasteiger partial charge >= 0.3 is 0 Å². The van der Waals surface area contributed by atoms with Crippen LogP contribution in [0.5, 0.6) is 11.5 Å². The first-order chi connectivity index (χ1) is 19.1. The number of halogens is 2. The van der Waals surface area contributed by atoms with E-state index in [2.05, 4.69) is 0 Å². The maximum atomic E-state index is 14.7. The molecule has 4 aromatic rings. The van der Waals surface area contributed by atoms with Crippen LogP contribution in [0.3, 0.4) is 0 Å². The largest absolute Gasteiger partial charge is 0.456 e. The number of piperidine rings is 1. The molecule has 2 aromatic heterocycles. The van der Waals surface area contributed by atoms with Gasteiger partial charge in [-0.2, -0.15) is 0 Å². The Balaban J connectivity index is 1.69. The summed E-state index contributed by atoms with van der Waals surface area (Å²) in [6, 6.07) is 9.81. The van der Waals surface area contributed by atoms with Gasteiger partial charge < -0.3 is 19.3 Å². The third kappa shape index (κ3) is 5.65. The molecule has 1 amide bonds. The highest BCUT2D eigenvalue weighted by Gasteiger charge is 2.34. The molecular formula is C32H34F2N2O4S. The number of thiophene rings is 1. The fourth-order valence-electron chi connectivity index (χ4n) is 5.45. The zero-order chi connectivity index (χ0) is 29.9. The van der Waals surface area contributed by atoms with Crippen LogP contribution in [-0.4, -0.2) is 39.2 Å². The lowest BCUT2D eigenvalue weighted by atomic mass is 9.93. The number of hydrogen-bond donors (Lipinski definition) is 1. The number of carbonyl (C=O) groups excluding carboxylic acids is 1. The SMILES string of the molecule is Cc1cc(F)cc(C)c1Oc1ccc(C(C)(C)O)cc1-c1cn(C)c(=O)c2sc(C(=O)N3CCCC(C)(F)C3)cc12. The number of hydrogen-bond acceptors (Lipinski definition) is 5. The van der Waals surface area contributed by atoms with Gasteiger partial charge in [0.05, 0.1) is 17.0 Å². The Morgan fingerprint density at radius 3 is 2.44 bits per heavy atom. The smallest absolute Gasteiger partial charge is 0.268 e.